The molecule has 0 bridgehead atoms. The summed E-state index contributed by atoms with van der Waals surface area (Å²) in [5, 5.41) is 11.2. The smallest absolute Gasteiger partial charge is 0.303 e. The van der Waals surface area contributed by atoms with Gasteiger partial charge in [-0.15, -0.1) is 0 Å². The number of carboxylic acid groups (broad SMARTS) is 1. The van der Waals surface area contributed by atoms with Crippen molar-refractivity contribution in [3.8, 4) is 11.5 Å². The second kappa shape index (κ2) is 8.84. The summed E-state index contributed by atoms with van der Waals surface area (Å²) < 4.78 is 10.9. The van der Waals surface area contributed by atoms with Gasteiger partial charge >= 0.3 is 5.97 Å². The summed E-state index contributed by atoms with van der Waals surface area (Å²) in [4.78, 5) is 22.3. The third-order valence-electron chi connectivity index (χ3n) is 2.66. The van der Waals surface area contributed by atoms with E-state index in [4.69, 9.17) is 14.6 Å². The number of benzene rings is 1. The molecule has 0 heterocycles. The van der Waals surface area contributed by atoms with Crippen LogP contribution in [0.15, 0.2) is 18.2 Å². The molecular formula is C15H21NO5. The van der Waals surface area contributed by atoms with E-state index in [2.05, 4.69) is 5.32 Å². The van der Waals surface area contributed by atoms with Gasteiger partial charge in [0.1, 0.15) is 0 Å². The minimum atomic E-state index is -0.871. The molecule has 21 heavy (non-hydrogen) atoms. The molecule has 1 amide bonds. The first-order valence-corrected chi connectivity index (χ1v) is 6.98. The Bertz CT molecular complexity index is 487. The maximum Gasteiger partial charge on any atom is 0.303 e. The van der Waals surface area contributed by atoms with Crippen LogP contribution in [-0.2, 0) is 4.79 Å². The van der Waals surface area contributed by atoms with Gasteiger partial charge < -0.3 is 19.9 Å². The van der Waals surface area contributed by atoms with Crippen molar-refractivity contribution in [3.63, 3.8) is 0 Å². The van der Waals surface area contributed by atoms with Crippen molar-refractivity contribution >= 4 is 11.9 Å². The quantitative estimate of drug-likeness (QED) is 0.681. The van der Waals surface area contributed by atoms with Crippen LogP contribution in [0.5, 0.6) is 11.5 Å². The number of carbonyl (C=O) groups is 2. The maximum atomic E-state index is 12.0. The van der Waals surface area contributed by atoms with E-state index in [-0.39, 0.29) is 12.3 Å². The van der Waals surface area contributed by atoms with Gasteiger partial charge in [-0.1, -0.05) is 0 Å². The lowest BCUT2D eigenvalue weighted by Gasteiger charge is -2.12. The van der Waals surface area contributed by atoms with Crippen LogP contribution in [0.2, 0.25) is 0 Å². The third kappa shape index (κ3) is 5.72. The molecular weight excluding hydrogens is 274 g/mol. The molecule has 0 radical (unpaired) electrons. The SMILES string of the molecule is CCOc1ccc(C(=O)NCCCC(=O)O)cc1OCC. The fourth-order valence-electron chi connectivity index (χ4n) is 1.74. The van der Waals surface area contributed by atoms with Crippen molar-refractivity contribution < 1.29 is 24.2 Å². The van der Waals surface area contributed by atoms with Crippen molar-refractivity contribution in [1.82, 2.24) is 5.32 Å². The highest BCUT2D eigenvalue weighted by atomic mass is 16.5. The van der Waals surface area contributed by atoms with Crippen LogP contribution in [0.4, 0.5) is 0 Å². The first kappa shape index (κ1) is 16.8. The van der Waals surface area contributed by atoms with Crippen LogP contribution in [-0.4, -0.2) is 36.7 Å². The first-order chi connectivity index (χ1) is 10.1. The third-order valence-corrected chi connectivity index (χ3v) is 2.66. The van der Waals surface area contributed by atoms with Gasteiger partial charge in [-0.05, 0) is 38.5 Å². The van der Waals surface area contributed by atoms with Crippen LogP contribution in [0.25, 0.3) is 0 Å². The van der Waals surface area contributed by atoms with Crippen LogP contribution < -0.4 is 14.8 Å². The highest BCUT2D eigenvalue weighted by Crippen LogP contribution is 2.28. The molecule has 2 N–H and O–H groups in total. The zero-order valence-electron chi connectivity index (χ0n) is 12.3. The van der Waals surface area contributed by atoms with Gasteiger partial charge in [0.25, 0.3) is 5.91 Å². The Morgan fingerprint density at radius 1 is 1.14 bits per heavy atom. The Balaban J connectivity index is 2.66. The lowest BCUT2D eigenvalue weighted by molar-refractivity contribution is -0.137. The van der Waals surface area contributed by atoms with E-state index in [0.717, 1.165) is 0 Å². The lowest BCUT2D eigenvalue weighted by Crippen LogP contribution is -2.24. The number of ether oxygens (including phenoxy) is 2. The first-order valence-electron chi connectivity index (χ1n) is 6.98. The lowest BCUT2D eigenvalue weighted by atomic mass is 10.2. The molecule has 116 valence electrons. The standard InChI is InChI=1S/C15H21NO5/c1-3-20-12-8-7-11(10-13(12)21-4-2)15(19)16-9-5-6-14(17)18/h7-8,10H,3-6,9H2,1-2H3,(H,16,19)(H,17,18). The Hall–Kier alpha value is -2.24. The predicted molar refractivity (Wildman–Crippen MR) is 78.0 cm³/mol. The van der Waals surface area contributed by atoms with Gasteiger partial charge in [-0.3, -0.25) is 9.59 Å². The zero-order chi connectivity index (χ0) is 15.7. The fraction of sp³-hybridized carbons (Fsp3) is 0.467. The summed E-state index contributed by atoms with van der Waals surface area (Å²) in [6, 6.07) is 4.97. The number of nitrogens with one attached hydrogen (secondary N) is 1. The summed E-state index contributed by atoms with van der Waals surface area (Å²) >= 11 is 0. The minimum absolute atomic E-state index is 0.0355. The second-order valence-electron chi connectivity index (χ2n) is 4.28. The number of hydrogen-bond donors (Lipinski definition) is 2. The van der Waals surface area contributed by atoms with Gasteiger partial charge in [0, 0.05) is 18.5 Å². The van der Waals surface area contributed by atoms with Crippen LogP contribution in [0, 0.1) is 0 Å². The van der Waals surface area contributed by atoms with Crippen LogP contribution >= 0.6 is 0 Å². The number of hydrogen-bond acceptors (Lipinski definition) is 4. The molecule has 0 aliphatic heterocycles. The average Bonchev–Trinajstić information content (AvgIpc) is 2.45. The molecule has 1 rings (SSSR count). The summed E-state index contributed by atoms with van der Waals surface area (Å²) in [5.41, 5.74) is 0.456. The molecule has 0 spiro atoms. The molecule has 0 saturated carbocycles. The molecule has 0 saturated heterocycles. The van der Waals surface area contributed by atoms with E-state index < -0.39 is 5.97 Å². The molecule has 0 aliphatic rings. The molecule has 0 aromatic heterocycles. The highest BCUT2D eigenvalue weighted by Gasteiger charge is 2.11. The van der Waals surface area contributed by atoms with Crippen molar-refractivity contribution in [2.75, 3.05) is 19.8 Å². The second-order valence-corrected chi connectivity index (χ2v) is 4.28. The van der Waals surface area contributed by atoms with E-state index in [1.165, 1.54) is 0 Å². The van der Waals surface area contributed by atoms with E-state index in [9.17, 15) is 9.59 Å². The summed E-state index contributed by atoms with van der Waals surface area (Å²) in [6.07, 6.45) is 0.435. The Labute approximate surface area is 124 Å². The summed E-state index contributed by atoms with van der Waals surface area (Å²) in [7, 11) is 0. The normalized spacial score (nSPS) is 10.0. The molecule has 0 atom stereocenters. The van der Waals surface area contributed by atoms with Gasteiger partial charge in [-0.25, -0.2) is 0 Å². The van der Waals surface area contributed by atoms with Gasteiger partial charge in [0.2, 0.25) is 0 Å². The van der Waals surface area contributed by atoms with Gasteiger partial charge in [-0.2, -0.15) is 0 Å². The minimum Gasteiger partial charge on any atom is -0.490 e. The van der Waals surface area contributed by atoms with Crippen molar-refractivity contribution in [1.29, 1.82) is 0 Å². The predicted octanol–water partition coefficient (Wildman–Crippen LogP) is 2.08. The number of amides is 1. The van der Waals surface area contributed by atoms with E-state index in [1.807, 2.05) is 13.8 Å². The zero-order valence-corrected chi connectivity index (χ0v) is 12.3. The van der Waals surface area contributed by atoms with Crippen molar-refractivity contribution in [2.24, 2.45) is 0 Å². The molecule has 1 aromatic carbocycles. The summed E-state index contributed by atoms with van der Waals surface area (Å²) in [6.45, 7) is 5.04. The Kier molecular flexibility index (Phi) is 7.08. The van der Waals surface area contributed by atoms with E-state index >= 15 is 0 Å². The van der Waals surface area contributed by atoms with Crippen LogP contribution in [0.3, 0.4) is 0 Å². The monoisotopic (exact) mass is 295 g/mol. The molecule has 6 heteroatoms. The Morgan fingerprint density at radius 2 is 1.81 bits per heavy atom. The fourth-order valence-corrected chi connectivity index (χ4v) is 1.74. The van der Waals surface area contributed by atoms with Gasteiger partial charge in [0.15, 0.2) is 11.5 Å². The molecule has 0 aliphatic carbocycles. The maximum absolute atomic E-state index is 12.0. The molecule has 6 nitrogen and oxygen atoms in total. The largest absolute Gasteiger partial charge is 0.490 e. The van der Waals surface area contributed by atoms with Crippen molar-refractivity contribution in [3.05, 3.63) is 23.8 Å². The van der Waals surface area contributed by atoms with E-state index in [1.54, 1.807) is 18.2 Å². The highest BCUT2D eigenvalue weighted by molar-refractivity contribution is 5.94. The Morgan fingerprint density at radius 3 is 2.43 bits per heavy atom. The number of carboxylic acids is 1. The molecule has 1 aromatic rings. The number of rotatable bonds is 9. The molecule has 0 fully saturated rings. The number of aliphatic carboxylic acids is 1. The topological polar surface area (TPSA) is 84.9 Å². The van der Waals surface area contributed by atoms with Gasteiger partial charge in [0.05, 0.1) is 13.2 Å². The van der Waals surface area contributed by atoms with E-state index in [0.29, 0.717) is 43.2 Å². The average molecular weight is 295 g/mol. The summed E-state index contributed by atoms with van der Waals surface area (Å²) in [5.74, 6) is -0.00680. The number of carbonyl (C=O) groups excluding carboxylic acids is 1. The van der Waals surface area contributed by atoms with Crippen LogP contribution in [0.1, 0.15) is 37.0 Å². The molecule has 0 unspecified atom stereocenters. The van der Waals surface area contributed by atoms with Crippen molar-refractivity contribution in [2.45, 2.75) is 26.7 Å².